The molecule has 3 rings (SSSR count). The minimum Gasteiger partial charge on any atom is -0.491 e. The predicted molar refractivity (Wildman–Crippen MR) is 117 cm³/mol. The van der Waals surface area contributed by atoms with Crippen LogP contribution in [0.2, 0.25) is 0 Å². The second-order valence-electron chi connectivity index (χ2n) is 6.36. The van der Waals surface area contributed by atoms with Gasteiger partial charge < -0.3 is 20.1 Å². The number of hydrogen-bond donors (Lipinski definition) is 2. The molecule has 28 heavy (non-hydrogen) atoms. The summed E-state index contributed by atoms with van der Waals surface area (Å²) in [4.78, 5) is 9.49. The van der Waals surface area contributed by atoms with Crippen molar-refractivity contribution in [2.75, 3.05) is 38.7 Å². The molecular weight excluding hydrogens is 399 g/mol. The Morgan fingerprint density at radius 3 is 2.71 bits per heavy atom. The van der Waals surface area contributed by atoms with Crippen molar-refractivity contribution in [2.24, 2.45) is 0 Å². The topological polar surface area (TPSA) is 68.3 Å². The molecule has 2 N–H and O–H groups in total. The summed E-state index contributed by atoms with van der Waals surface area (Å²) in [7, 11) is 1.68. The van der Waals surface area contributed by atoms with Gasteiger partial charge in [-0.2, -0.15) is 0 Å². The lowest BCUT2D eigenvalue weighted by Crippen LogP contribution is -2.16. The third-order valence-electron chi connectivity index (χ3n) is 4.46. The molecule has 1 aliphatic heterocycles. The van der Waals surface area contributed by atoms with Gasteiger partial charge in [0.15, 0.2) is 0 Å². The average molecular weight is 429 g/mol. The number of anilines is 1. The fourth-order valence-corrected chi connectivity index (χ4v) is 3.07. The number of aryl methyl sites for hydroxylation is 1. The molecule has 0 radical (unpaired) electrons. The molecule has 0 spiro atoms. The Labute approximate surface area is 179 Å². The molecule has 1 aromatic carbocycles. The number of halogens is 2. The van der Waals surface area contributed by atoms with Crippen molar-refractivity contribution in [1.82, 2.24) is 15.3 Å². The van der Waals surface area contributed by atoms with Gasteiger partial charge in [-0.1, -0.05) is 19.1 Å². The summed E-state index contributed by atoms with van der Waals surface area (Å²) < 4.78 is 10.7. The minimum atomic E-state index is 0. The molecule has 1 aromatic heterocycles. The molecule has 8 heteroatoms. The molecule has 0 bridgehead atoms. The minimum absolute atomic E-state index is 0. The lowest BCUT2D eigenvalue weighted by molar-refractivity contribution is 0.146. The second kappa shape index (κ2) is 12.8. The van der Waals surface area contributed by atoms with Gasteiger partial charge in [0, 0.05) is 38.6 Å². The van der Waals surface area contributed by atoms with Crippen LogP contribution in [0, 0.1) is 0 Å². The summed E-state index contributed by atoms with van der Waals surface area (Å²) in [6.07, 6.45) is 2.77. The van der Waals surface area contributed by atoms with Crippen molar-refractivity contribution in [3.63, 3.8) is 0 Å². The predicted octanol–water partition coefficient (Wildman–Crippen LogP) is 3.21. The molecular formula is C20H30Cl2N4O2. The van der Waals surface area contributed by atoms with Gasteiger partial charge in [-0.25, -0.2) is 9.97 Å². The molecule has 0 amide bonds. The van der Waals surface area contributed by atoms with Crippen LogP contribution in [0.3, 0.4) is 0 Å². The largest absolute Gasteiger partial charge is 0.491 e. The third-order valence-corrected chi connectivity index (χ3v) is 4.46. The van der Waals surface area contributed by atoms with Gasteiger partial charge in [-0.05, 0) is 30.7 Å². The van der Waals surface area contributed by atoms with E-state index in [1.807, 2.05) is 12.1 Å². The maximum absolute atomic E-state index is 5.70. The molecule has 0 saturated heterocycles. The van der Waals surface area contributed by atoms with Crippen LogP contribution in [0.1, 0.15) is 29.6 Å². The number of hydrogen-bond acceptors (Lipinski definition) is 6. The highest BCUT2D eigenvalue weighted by atomic mass is 35.5. The maximum Gasteiger partial charge on any atom is 0.133 e. The highest BCUT2D eigenvalue weighted by Crippen LogP contribution is 2.21. The van der Waals surface area contributed by atoms with E-state index in [1.165, 1.54) is 11.3 Å². The number of fused-ring (bicyclic) bond motifs is 1. The number of methoxy groups -OCH3 is 1. The summed E-state index contributed by atoms with van der Waals surface area (Å²) in [6, 6.07) is 8.14. The Kier molecular flexibility index (Phi) is 11.2. The quantitative estimate of drug-likeness (QED) is 0.629. The lowest BCUT2D eigenvalue weighted by atomic mass is 10.1. The van der Waals surface area contributed by atoms with E-state index in [0.717, 1.165) is 55.3 Å². The highest BCUT2D eigenvalue weighted by Gasteiger charge is 2.16. The van der Waals surface area contributed by atoms with Gasteiger partial charge in [0.05, 0.1) is 12.3 Å². The summed E-state index contributed by atoms with van der Waals surface area (Å²) in [5.74, 6) is 2.74. The first-order valence-electron chi connectivity index (χ1n) is 9.34. The first-order valence-corrected chi connectivity index (χ1v) is 9.34. The van der Waals surface area contributed by atoms with Gasteiger partial charge in [-0.15, -0.1) is 24.8 Å². The van der Waals surface area contributed by atoms with Crippen LogP contribution < -0.4 is 15.4 Å². The zero-order valence-corrected chi connectivity index (χ0v) is 18.1. The van der Waals surface area contributed by atoms with Gasteiger partial charge >= 0.3 is 0 Å². The standard InChI is InChI=1S/C20H28N4O2.2ClH/c1-3-19-23-18-8-10-21-9-7-17(18)20(24-19)22-14-15-5-4-6-16(13-15)26-12-11-25-2;;/h4-6,13,21H,3,7-12,14H2,1-2H3,(H,22,23,24);2*1H. The number of ether oxygens (including phenoxy) is 2. The van der Waals surface area contributed by atoms with Crippen LogP contribution in [-0.2, 0) is 30.5 Å². The lowest BCUT2D eigenvalue weighted by Gasteiger charge is -2.15. The van der Waals surface area contributed by atoms with E-state index >= 15 is 0 Å². The van der Waals surface area contributed by atoms with Crippen LogP contribution in [0.25, 0.3) is 0 Å². The SMILES string of the molecule is CCc1nc2c(c(NCc3cccc(OCCOC)c3)n1)CCNCC2.Cl.Cl. The second-order valence-corrected chi connectivity index (χ2v) is 6.36. The van der Waals surface area contributed by atoms with Crippen molar-refractivity contribution in [3.05, 3.63) is 46.9 Å². The van der Waals surface area contributed by atoms with E-state index in [1.54, 1.807) is 7.11 Å². The summed E-state index contributed by atoms with van der Waals surface area (Å²) in [5.41, 5.74) is 3.60. The van der Waals surface area contributed by atoms with Crippen LogP contribution >= 0.6 is 24.8 Å². The van der Waals surface area contributed by atoms with Crippen LogP contribution in [-0.4, -0.2) is 43.4 Å². The van der Waals surface area contributed by atoms with Crippen molar-refractivity contribution >= 4 is 30.6 Å². The number of benzene rings is 1. The van der Waals surface area contributed by atoms with Crippen molar-refractivity contribution < 1.29 is 9.47 Å². The maximum atomic E-state index is 5.70. The van der Waals surface area contributed by atoms with E-state index in [9.17, 15) is 0 Å². The monoisotopic (exact) mass is 428 g/mol. The van der Waals surface area contributed by atoms with Crippen molar-refractivity contribution in [3.8, 4) is 5.75 Å². The smallest absolute Gasteiger partial charge is 0.133 e. The highest BCUT2D eigenvalue weighted by molar-refractivity contribution is 5.85. The zero-order chi connectivity index (χ0) is 18.2. The molecule has 0 saturated carbocycles. The molecule has 0 unspecified atom stereocenters. The van der Waals surface area contributed by atoms with Gasteiger partial charge in [0.2, 0.25) is 0 Å². The van der Waals surface area contributed by atoms with E-state index in [0.29, 0.717) is 19.8 Å². The van der Waals surface area contributed by atoms with Crippen LogP contribution in [0.4, 0.5) is 5.82 Å². The van der Waals surface area contributed by atoms with E-state index in [4.69, 9.17) is 19.4 Å². The van der Waals surface area contributed by atoms with Crippen LogP contribution in [0.5, 0.6) is 5.75 Å². The number of nitrogens with one attached hydrogen (secondary N) is 2. The Morgan fingerprint density at radius 2 is 1.93 bits per heavy atom. The van der Waals surface area contributed by atoms with Gasteiger partial charge in [0.1, 0.15) is 24.0 Å². The van der Waals surface area contributed by atoms with E-state index in [2.05, 4.69) is 29.7 Å². The van der Waals surface area contributed by atoms with Crippen molar-refractivity contribution in [2.45, 2.75) is 32.7 Å². The first kappa shape index (κ1) is 24.4. The Balaban J connectivity index is 0.00000196. The fraction of sp³-hybridized carbons (Fsp3) is 0.500. The van der Waals surface area contributed by atoms with E-state index < -0.39 is 0 Å². The Bertz CT molecular complexity index is 731. The normalized spacial score (nSPS) is 12.8. The number of aromatic nitrogens is 2. The molecule has 0 atom stereocenters. The van der Waals surface area contributed by atoms with Crippen LogP contribution in [0.15, 0.2) is 24.3 Å². The molecule has 6 nitrogen and oxygen atoms in total. The van der Waals surface area contributed by atoms with Crippen molar-refractivity contribution in [1.29, 1.82) is 0 Å². The van der Waals surface area contributed by atoms with E-state index in [-0.39, 0.29) is 24.8 Å². The summed E-state index contributed by atoms with van der Waals surface area (Å²) in [6.45, 7) is 5.90. The van der Waals surface area contributed by atoms with Gasteiger partial charge in [0.25, 0.3) is 0 Å². The number of rotatable bonds is 8. The molecule has 2 heterocycles. The Hall–Kier alpha value is -1.60. The average Bonchev–Trinajstić information content (AvgIpc) is 2.92. The number of nitrogens with zero attached hydrogens (tertiary/aromatic N) is 2. The molecule has 1 aliphatic rings. The first-order chi connectivity index (χ1) is 12.8. The molecule has 156 valence electrons. The zero-order valence-electron chi connectivity index (χ0n) is 16.5. The fourth-order valence-electron chi connectivity index (χ4n) is 3.07. The molecule has 0 fully saturated rings. The summed E-state index contributed by atoms with van der Waals surface area (Å²) in [5, 5.41) is 6.97. The summed E-state index contributed by atoms with van der Waals surface area (Å²) >= 11 is 0. The van der Waals surface area contributed by atoms with Gasteiger partial charge in [-0.3, -0.25) is 0 Å². The Morgan fingerprint density at radius 1 is 1.11 bits per heavy atom. The molecule has 2 aromatic rings. The third kappa shape index (κ3) is 6.78. The molecule has 0 aliphatic carbocycles.